The van der Waals surface area contributed by atoms with E-state index in [9.17, 15) is 0 Å². The van der Waals surface area contributed by atoms with Gasteiger partial charge in [0.05, 0.1) is 0 Å². The molecule has 1 aromatic carbocycles. The predicted octanol–water partition coefficient (Wildman–Crippen LogP) is 5.49. The maximum Gasteiger partial charge on any atom is 0.228 e. The largest absolute Gasteiger partial charge is 0.438 e. The molecule has 0 bridgehead atoms. The number of benzene rings is 1. The van der Waals surface area contributed by atoms with Gasteiger partial charge in [-0.05, 0) is 56.5 Å². The van der Waals surface area contributed by atoms with E-state index in [1.807, 2.05) is 26.8 Å². The van der Waals surface area contributed by atoms with E-state index < -0.39 is 0 Å². The van der Waals surface area contributed by atoms with Crippen molar-refractivity contribution in [3.63, 3.8) is 0 Å². The van der Waals surface area contributed by atoms with E-state index in [1.54, 1.807) is 6.07 Å². The fourth-order valence-corrected chi connectivity index (χ4v) is 2.38. The first-order chi connectivity index (χ1) is 9.38. The number of aromatic nitrogens is 1. The third kappa shape index (κ3) is 3.02. The van der Waals surface area contributed by atoms with E-state index in [4.69, 9.17) is 16.3 Å². The smallest absolute Gasteiger partial charge is 0.228 e. The number of aryl methyl sites for hydroxylation is 3. The van der Waals surface area contributed by atoms with Crippen LogP contribution >= 0.6 is 11.6 Å². The normalized spacial score (nSPS) is 10.4. The van der Waals surface area contributed by atoms with Crippen LogP contribution < -0.4 is 4.74 Å². The van der Waals surface area contributed by atoms with Gasteiger partial charge in [-0.3, -0.25) is 0 Å². The van der Waals surface area contributed by atoms with Crippen molar-refractivity contribution in [1.82, 2.24) is 4.98 Å². The molecule has 0 spiro atoms. The number of allylic oxidation sites excluding steroid dienone is 1. The minimum atomic E-state index is 0.410. The Balaban J connectivity index is 2.50. The quantitative estimate of drug-likeness (QED) is 0.697. The van der Waals surface area contributed by atoms with Crippen LogP contribution in [0, 0.1) is 20.8 Å². The molecule has 1 aromatic heterocycles. The van der Waals surface area contributed by atoms with E-state index >= 15 is 0 Å². The average molecular weight is 288 g/mol. The van der Waals surface area contributed by atoms with Gasteiger partial charge in [-0.25, -0.2) is 4.98 Å². The molecule has 0 atom stereocenters. The number of rotatable bonds is 3. The number of pyridine rings is 1. The topological polar surface area (TPSA) is 22.1 Å². The van der Waals surface area contributed by atoms with E-state index in [2.05, 4.69) is 30.6 Å². The van der Waals surface area contributed by atoms with Crippen LogP contribution in [-0.4, -0.2) is 4.98 Å². The molecule has 0 aliphatic carbocycles. The van der Waals surface area contributed by atoms with Crippen LogP contribution in [0.1, 0.15) is 29.2 Å². The van der Waals surface area contributed by atoms with Crippen LogP contribution in [0.2, 0.25) is 5.15 Å². The summed E-state index contributed by atoms with van der Waals surface area (Å²) in [5.41, 5.74) is 5.14. The Bertz CT molecular complexity index is 654. The van der Waals surface area contributed by atoms with Gasteiger partial charge in [-0.2, -0.15) is 0 Å². The summed E-state index contributed by atoms with van der Waals surface area (Å²) < 4.78 is 6.01. The second-order valence-corrected chi connectivity index (χ2v) is 5.48. The molecule has 0 aliphatic rings. The molecule has 0 fully saturated rings. The van der Waals surface area contributed by atoms with E-state index in [0.717, 1.165) is 28.0 Å². The van der Waals surface area contributed by atoms with Crippen molar-refractivity contribution in [2.75, 3.05) is 0 Å². The van der Waals surface area contributed by atoms with Gasteiger partial charge in [0.25, 0.3) is 0 Å². The van der Waals surface area contributed by atoms with Gasteiger partial charge in [-0.1, -0.05) is 35.9 Å². The van der Waals surface area contributed by atoms with Crippen LogP contribution in [-0.2, 0) is 0 Å². The maximum atomic E-state index is 6.01. The van der Waals surface area contributed by atoms with Gasteiger partial charge in [0.15, 0.2) is 0 Å². The number of hydrogen-bond donors (Lipinski definition) is 0. The monoisotopic (exact) mass is 287 g/mol. The molecule has 2 aromatic rings. The van der Waals surface area contributed by atoms with Crippen molar-refractivity contribution in [2.45, 2.75) is 27.7 Å². The number of hydrogen-bond acceptors (Lipinski definition) is 2. The van der Waals surface area contributed by atoms with Crippen molar-refractivity contribution in [1.29, 1.82) is 0 Å². The molecular formula is C17H18ClNO. The van der Waals surface area contributed by atoms with Crippen LogP contribution in [0.4, 0.5) is 0 Å². The second-order valence-electron chi connectivity index (χ2n) is 5.10. The van der Waals surface area contributed by atoms with E-state index in [0.29, 0.717) is 11.0 Å². The molecule has 0 saturated heterocycles. The summed E-state index contributed by atoms with van der Waals surface area (Å²) in [6.07, 6.45) is 0. The molecule has 0 radical (unpaired) electrons. The highest BCUT2D eigenvalue weighted by Crippen LogP contribution is 2.33. The Morgan fingerprint density at radius 2 is 1.75 bits per heavy atom. The molecule has 0 aliphatic heterocycles. The molecule has 0 amide bonds. The summed E-state index contributed by atoms with van der Waals surface area (Å²) in [6, 6.07) is 7.81. The van der Waals surface area contributed by atoms with Crippen molar-refractivity contribution < 1.29 is 4.74 Å². The first-order valence-corrected chi connectivity index (χ1v) is 6.84. The fourth-order valence-electron chi connectivity index (χ4n) is 2.24. The fraction of sp³-hybridized carbons (Fsp3) is 0.235. The standard InChI is InChI=1S/C17H18ClNO/c1-10(2)14-6-7-15(18)19-17(14)20-16-12(4)8-11(3)9-13(16)5/h6-9H,1H2,2-5H3. The molecular weight excluding hydrogens is 270 g/mol. The van der Waals surface area contributed by atoms with Crippen LogP contribution in [0.3, 0.4) is 0 Å². The highest BCUT2D eigenvalue weighted by Gasteiger charge is 2.12. The number of nitrogens with zero attached hydrogens (tertiary/aromatic N) is 1. The highest BCUT2D eigenvalue weighted by molar-refractivity contribution is 6.29. The summed E-state index contributed by atoms with van der Waals surface area (Å²) in [7, 11) is 0. The van der Waals surface area contributed by atoms with Gasteiger partial charge in [0.1, 0.15) is 10.9 Å². The minimum absolute atomic E-state index is 0.410. The van der Waals surface area contributed by atoms with Crippen molar-refractivity contribution in [3.05, 3.63) is 58.3 Å². The molecule has 2 rings (SSSR count). The summed E-state index contributed by atoms with van der Waals surface area (Å²) in [5.74, 6) is 1.33. The Morgan fingerprint density at radius 3 is 2.30 bits per heavy atom. The van der Waals surface area contributed by atoms with Gasteiger partial charge >= 0.3 is 0 Å². The number of ether oxygens (including phenoxy) is 1. The first kappa shape index (κ1) is 14.6. The summed E-state index contributed by atoms with van der Waals surface area (Å²) >= 11 is 5.97. The lowest BCUT2D eigenvalue weighted by molar-refractivity contribution is 0.454. The Labute approximate surface area is 125 Å². The molecule has 0 unspecified atom stereocenters. The van der Waals surface area contributed by atoms with E-state index in [-0.39, 0.29) is 0 Å². The third-order valence-corrected chi connectivity index (χ3v) is 3.30. The van der Waals surface area contributed by atoms with Crippen molar-refractivity contribution >= 4 is 17.2 Å². The van der Waals surface area contributed by atoms with Crippen LogP contribution in [0.25, 0.3) is 5.57 Å². The predicted molar refractivity (Wildman–Crippen MR) is 84.7 cm³/mol. The zero-order chi connectivity index (χ0) is 14.9. The van der Waals surface area contributed by atoms with Gasteiger partial charge in [0.2, 0.25) is 5.88 Å². The molecule has 3 heteroatoms. The minimum Gasteiger partial charge on any atom is -0.438 e. The highest BCUT2D eigenvalue weighted by atomic mass is 35.5. The SMILES string of the molecule is C=C(C)c1ccc(Cl)nc1Oc1c(C)cc(C)cc1C. The molecule has 2 nitrogen and oxygen atoms in total. The first-order valence-electron chi connectivity index (χ1n) is 6.46. The lowest BCUT2D eigenvalue weighted by Gasteiger charge is -2.15. The van der Waals surface area contributed by atoms with Crippen molar-refractivity contribution in [3.8, 4) is 11.6 Å². The molecule has 20 heavy (non-hydrogen) atoms. The lowest BCUT2D eigenvalue weighted by atomic mass is 10.1. The molecule has 1 heterocycles. The molecule has 0 saturated carbocycles. The Kier molecular flexibility index (Phi) is 4.15. The maximum absolute atomic E-state index is 6.01. The van der Waals surface area contributed by atoms with Crippen LogP contribution in [0.15, 0.2) is 30.8 Å². The molecule has 104 valence electrons. The Morgan fingerprint density at radius 1 is 1.15 bits per heavy atom. The molecule has 0 N–H and O–H groups in total. The summed E-state index contributed by atoms with van der Waals surface area (Å²) in [4.78, 5) is 4.28. The average Bonchev–Trinajstić information content (AvgIpc) is 2.33. The van der Waals surface area contributed by atoms with Gasteiger partial charge in [0, 0.05) is 5.56 Å². The van der Waals surface area contributed by atoms with Gasteiger partial charge in [-0.15, -0.1) is 0 Å². The zero-order valence-electron chi connectivity index (χ0n) is 12.2. The summed E-state index contributed by atoms with van der Waals surface area (Å²) in [6.45, 7) is 12.0. The lowest BCUT2D eigenvalue weighted by Crippen LogP contribution is -1.97. The third-order valence-electron chi connectivity index (χ3n) is 3.09. The Hall–Kier alpha value is -1.80. The van der Waals surface area contributed by atoms with Gasteiger partial charge < -0.3 is 4.74 Å². The van der Waals surface area contributed by atoms with Crippen LogP contribution in [0.5, 0.6) is 11.6 Å². The van der Waals surface area contributed by atoms with E-state index in [1.165, 1.54) is 5.56 Å². The second kappa shape index (κ2) is 5.68. The van der Waals surface area contributed by atoms with Crippen molar-refractivity contribution in [2.24, 2.45) is 0 Å². The zero-order valence-corrected chi connectivity index (χ0v) is 13.0. The number of halogens is 1. The summed E-state index contributed by atoms with van der Waals surface area (Å²) in [5, 5.41) is 0.410.